The Morgan fingerprint density at radius 1 is 0.886 bits per heavy atom. The van der Waals surface area contributed by atoms with Crippen LogP contribution in [0.15, 0.2) is 78.9 Å². The van der Waals surface area contributed by atoms with Crippen molar-refractivity contribution in [1.29, 1.82) is 0 Å². The first kappa shape index (κ1) is 23.9. The molecule has 0 aromatic heterocycles. The van der Waals surface area contributed by atoms with Gasteiger partial charge in [0, 0.05) is 49.6 Å². The number of piperazine rings is 1. The molecule has 180 valence electrons. The number of nitrogens with one attached hydrogen (secondary N) is 1. The van der Waals surface area contributed by atoms with Gasteiger partial charge in [-0.3, -0.25) is 19.7 Å². The summed E-state index contributed by atoms with van der Waals surface area (Å²) in [6, 6.07) is 22.1. The minimum Gasteiger partial charge on any atom is -0.394 e. The lowest BCUT2D eigenvalue weighted by Gasteiger charge is -2.37. The molecule has 1 aliphatic heterocycles. The van der Waals surface area contributed by atoms with Gasteiger partial charge in [-0.1, -0.05) is 42.5 Å². The Kier molecular flexibility index (Phi) is 7.37. The molecular weight excluding hydrogens is 448 g/mol. The molecule has 2 amide bonds. The Labute approximate surface area is 202 Å². The molecule has 4 rings (SSSR count). The Morgan fingerprint density at radius 3 is 2.06 bits per heavy atom. The predicted octanol–water partition coefficient (Wildman–Crippen LogP) is 2.70. The average molecular weight is 475 g/mol. The predicted molar refractivity (Wildman–Crippen MR) is 132 cm³/mol. The van der Waals surface area contributed by atoms with E-state index >= 15 is 0 Å². The number of aliphatic hydroxyl groups is 1. The summed E-state index contributed by atoms with van der Waals surface area (Å²) in [6.45, 7) is 1.39. The second-order valence-corrected chi connectivity index (χ2v) is 8.24. The molecule has 0 spiro atoms. The standard InChI is InChI=1S/C26H26N4O5/c31-18-24(27-25(32)21-8-6-20(7-9-21)19-4-2-1-3-5-19)26(33)29-16-14-28(15-17-29)22-10-12-23(13-11-22)30(34)35/h1-13,24,31H,14-18H2,(H,27,32)/t24-/m0/s1. The minimum absolute atomic E-state index is 0.0267. The van der Waals surface area contributed by atoms with Crippen LogP contribution < -0.4 is 10.2 Å². The van der Waals surface area contributed by atoms with E-state index in [0.717, 1.165) is 16.8 Å². The Hall–Kier alpha value is -4.24. The highest BCUT2D eigenvalue weighted by Crippen LogP contribution is 2.21. The molecule has 3 aromatic rings. The molecule has 0 radical (unpaired) electrons. The molecule has 0 bridgehead atoms. The molecular formula is C26H26N4O5. The number of carbonyl (C=O) groups excluding carboxylic acids is 2. The Bertz CT molecular complexity index is 1170. The molecule has 1 fully saturated rings. The first-order chi connectivity index (χ1) is 17.0. The van der Waals surface area contributed by atoms with Gasteiger partial charge in [-0.05, 0) is 35.4 Å². The summed E-state index contributed by atoms with van der Waals surface area (Å²) in [5, 5.41) is 23.3. The molecule has 3 aromatic carbocycles. The first-order valence-electron chi connectivity index (χ1n) is 11.3. The van der Waals surface area contributed by atoms with Gasteiger partial charge in [0.2, 0.25) is 5.91 Å². The number of non-ortho nitro benzene ring substituents is 1. The van der Waals surface area contributed by atoms with Crippen LogP contribution in [-0.4, -0.2) is 65.6 Å². The normalized spacial score (nSPS) is 14.3. The summed E-state index contributed by atoms with van der Waals surface area (Å²) in [6.07, 6.45) is 0. The van der Waals surface area contributed by atoms with Crippen molar-refractivity contribution in [2.45, 2.75) is 6.04 Å². The minimum atomic E-state index is -1.04. The summed E-state index contributed by atoms with van der Waals surface area (Å²) in [4.78, 5) is 39.7. The summed E-state index contributed by atoms with van der Waals surface area (Å²) in [7, 11) is 0. The van der Waals surface area contributed by atoms with Crippen LogP contribution in [0.2, 0.25) is 0 Å². The zero-order valence-corrected chi connectivity index (χ0v) is 19.0. The molecule has 9 heteroatoms. The summed E-state index contributed by atoms with van der Waals surface area (Å²) >= 11 is 0. The van der Waals surface area contributed by atoms with Crippen molar-refractivity contribution in [3.05, 3.63) is 94.5 Å². The maximum atomic E-state index is 13.0. The number of benzene rings is 3. The van der Waals surface area contributed by atoms with Crippen LogP contribution in [0.5, 0.6) is 0 Å². The van der Waals surface area contributed by atoms with E-state index in [4.69, 9.17) is 0 Å². The molecule has 2 N–H and O–H groups in total. The zero-order chi connectivity index (χ0) is 24.8. The lowest BCUT2D eigenvalue weighted by molar-refractivity contribution is -0.384. The highest BCUT2D eigenvalue weighted by molar-refractivity contribution is 5.98. The monoisotopic (exact) mass is 474 g/mol. The van der Waals surface area contributed by atoms with Gasteiger partial charge in [0.15, 0.2) is 0 Å². The van der Waals surface area contributed by atoms with E-state index in [1.54, 1.807) is 29.2 Å². The number of aliphatic hydroxyl groups excluding tert-OH is 1. The number of hydrogen-bond donors (Lipinski definition) is 2. The third kappa shape index (κ3) is 5.64. The number of nitro benzene ring substituents is 1. The van der Waals surface area contributed by atoms with Gasteiger partial charge in [-0.2, -0.15) is 0 Å². The van der Waals surface area contributed by atoms with Crippen molar-refractivity contribution in [1.82, 2.24) is 10.2 Å². The van der Waals surface area contributed by atoms with Crippen molar-refractivity contribution < 1.29 is 19.6 Å². The van der Waals surface area contributed by atoms with E-state index in [-0.39, 0.29) is 11.6 Å². The highest BCUT2D eigenvalue weighted by atomic mass is 16.6. The van der Waals surface area contributed by atoms with Crippen LogP contribution >= 0.6 is 0 Å². The maximum absolute atomic E-state index is 13.0. The number of anilines is 1. The van der Waals surface area contributed by atoms with E-state index in [2.05, 4.69) is 5.32 Å². The Morgan fingerprint density at radius 2 is 1.49 bits per heavy atom. The molecule has 1 atom stereocenters. The fraction of sp³-hybridized carbons (Fsp3) is 0.231. The average Bonchev–Trinajstić information content (AvgIpc) is 2.92. The van der Waals surface area contributed by atoms with Crippen LogP contribution in [0.1, 0.15) is 10.4 Å². The molecule has 0 unspecified atom stereocenters. The van der Waals surface area contributed by atoms with E-state index in [9.17, 15) is 24.8 Å². The number of nitrogens with zero attached hydrogens (tertiary/aromatic N) is 3. The SMILES string of the molecule is O=C(N[C@@H](CO)C(=O)N1CCN(c2ccc([N+](=O)[O-])cc2)CC1)c1ccc(-c2ccccc2)cc1. The second-order valence-electron chi connectivity index (χ2n) is 8.24. The van der Waals surface area contributed by atoms with E-state index in [1.165, 1.54) is 12.1 Å². The third-order valence-electron chi connectivity index (χ3n) is 6.06. The van der Waals surface area contributed by atoms with Crippen molar-refractivity contribution in [3.8, 4) is 11.1 Å². The number of amides is 2. The van der Waals surface area contributed by atoms with Crippen molar-refractivity contribution >= 4 is 23.2 Å². The molecule has 1 heterocycles. The van der Waals surface area contributed by atoms with Gasteiger partial charge in [0.25, 0.3) is 11.6 Å². The van der Waals surface area contributed by atoms with Gasteiger partial charge in [-0.15, -0.1) is 0 Å². The van der Waals surface area contributed by atoms with Crippen LogP contribution in [0, 0.1) is 10.1 Å². The van der Waals surface area contributed by atoms with E-state index in [0.29, 0.717) is 31.7 Å². The summed E-state index contributed by atoms with van der Waals surface area (Å²) in [5.74, 6) is -0.772. The molecule has 35 heavy (non-hydrogen) atoms. The lowest BCUT2D eigenvalue weighted by atomic mass is 10.0. The van der Waals surface area contributed by atoms with Crippen molar-refractivity contribution in [2.75, 3.05) is 37.7 Å². The molecule has 1 saturated heterocycles. The van der Waals surface area contributed by atoms with Crippen LogP contribution in [0.25, 0.3) is 11.1 Å². The smallest absolute Gasteiger partial charge is 0.269 e. The van der Waals surface area contributed by atoms with Crippen LogP contribution in [0.4, 0.5) is 11.4 Å². The first-order valence-corrected chi connectivity index (χ1v) is 11.3. The largest absolute Gasteiger partial charge is 0.394 e. The molecule has 9 nitrogen and oxygen atoms in total. The third-order valence-corrected chi connectivity index (χ3v) is 6.06. The molecule has 0 saturated carbocycles. The van der Waals surface area contributed by atoms with Crippen molar-refractivity contribution in [3.63, 3.8) is 0 Å². The number of carbonyl (C=O) groups is 2. The molecule has 1 aliphatic rings. The van der Waals surface area contributed by atoms with Gasteiger partial charge < -0.3 is 20.2 Å². The quantitative estimate of drug-likeness (QED) is 0.402. The highest BCUT2D eigenvalue weighted by Gasteiger charge is 2.28. The van der Waals surface area contributed by atoms with Gasteiger partial charge in [0.05, 0.1) is 11.5 Å². The van der Waals surface area contributed by atoms with Crippen LogP contribution in [0.3, 0.4) is 0 Å². The fourth-order valence-corrected chi connectivity index (χ4v) is 4.06. The van der Waals surface area contributed by atoms with Crippen molar-refractivity contribution in [2.24, 2.45) is 0 Å². The fourth-order valence-electron chi connectivity index (χ4n) is 4.06. The molecule has 0 aliphatic carbocycles. The van der Waals surface area contributed by atoms with Gasteiger partial charge in [0.1, 0.15) is 6.04 Å². The number of nitro groups is 1. The number of rotatable bonds is 7. The van der Waals surface area contributed by atoms with Gasteiger partial charge in [-0.25, -0.2) is 0 Å². The van der Waals surface area contributed by atoms with Crippen LogP contribution in [-0.2, 0) is 4.79 Å². The number of hydrogen-bond acceptors (Lipinski definition) is 6. The van der Waals surface area contributed by atoms with E-state index < -0.39 is 23.5 Å². The Balaban J connectivity index is 1.33. The lowest BCUT2D eigenvalue weighted by Crippen LogP contribution is -2.56. The summed E-state index contributed by atoms with van der Waals surface area (Å²) in [5.41, 5.74) is 3.28. The van der Waals surface area contributed by atoms with E-state index in [1.807, 2.05) is 47.4 Å². The topological polar surface area (TPSA) is 116 Å². The maximum Gasteiger partial charge on any atom is 0.269 e. The summed E-state index contributed by atoms with van der Waals surface area (Å²) < 4.78 is 0. The second kappa shape index (κ2) is 10.8. The van der Waals surface area contributed by atoms with Gasteiger partial charge >= 0.3 is 0 Å². The zero-order valence-electron chi connectivity index (χ0n) is 19.0.